The van der Waals surface area contributed by atoms with E-state index in [1.807, 2.05) is 0 Å². The van der Waals surface area contributed by atoms with E-state index in [4.69, 9.17) is 15.8 Å². The largest absolute Gasteiger partial charge is 0.478 e. The molecule has 2 aromatic carbocycles. The number of fused-ring (bicyclic) bond motifs is 1. The van der Waals surface area contributed by atoms with Gasteiger partial charge in [-0.3, -0.25) is 0 Å². The molecule has 0 radical (unpaired) electrons. The van der Waals surface area contributed by atoms with Gasteiger partial charge in [0.05, 0.1) is 10.5 Å². The third-order valence-corrected chi connectivity index (χ3v) is 3.68. The Balaban J connectivity index is 2.90. The third-order valence-electron chi connectivity index (χ3n) is 2.35. The van der Waals surface area contributed by atoms with Crippen LogP contribution < -0.4 is 0 Å². The van der Waals surface area contributed by atoms with Crippen LogP contribution in [0.3, 0.4) is 0 Å². The van der Waals surface area contributed by atoms with E-state index in [9.17, 15) is 13.2 Å². The molecular weight excluding hydrogens is 264 g/mol. The van der Waals surface area contributed by atoms with E-state index in [0.717, 1.165) is 6.07 Å². The van der Waals surface area contributed by atoms with E-state index in [1.54, 1.807) is 24.3 Å². The molecule has 0 aliphatic carbocycles. The summed E-state index contributed by atoms with van der Waals surface area (Å²) in [5.41, 5.74) is -0.0812. The van der Waals surface area contributed by atoms with Crippen LogP contribution in [0.1, 0.15) is 10.4 Å². The number of benzene rings is 2. The molecule has 88 valence electrons. The summed E-state index contributed by atoms with van der Waals surface area (Å²) in [5.74, 6) is -1.19. The van der Waals surface area contributed by atoms with Crippen molar-refractivity contribution in [1.82, 2.24) is 0 Å². The molecule has 4 nitrogen and oxygen atoms in total. The van der Waals surface area contributed by atoms with Crippen LogP contribution in [0.15, 0.2) is 41.3 Å². The normalized spacial score (nSPS) is 11.6. The molecule has 0 heterocycles. The highest BCUT2D eigenvalue weighted by molar-refractivity contribution is 8.13. The number of carbonyl (C=O) groups is 1. The second-order valence-corrected chi connectivity index (χ2v) is 6.00. The molecule has 6 heteroatoms. The Morgan fingerprint density at radius 2 is 1.82 bits per heavy atom. The number of carboxylic acids is 1. The Bertz CT molecular complexity index is 706. The van der Waals surface area contributed by atoms with Gasteiger partial charge in [-0.1, -0.05) is 24.3 Å². The molecule has 0 unspecified atom stereocenters. The van der Waals surface area contributed by atoms with E-state index in [-0.39, 0.29) is 10.5 Å². The minimum absolute atomic E-state index is 0.0812. The molecule has 0 saturated heterocycles. The Morgan fingerprint density at radius 1 is 1.18 bits per heavy atom. The molecule has 0 aliphatic rings. The summed E-state index contributed by atoms with van der Waals surface area (Å²) in [6.07, 6.45) is 0. The molecule has 0 atom stereocenters. The molecule has 1 N–H and O–H groups in total. The van der Waals surface area contributed by atoms with Crippen LogP contribution in [-0.4, -0.2) is 19.5 Å². The summed E-state index contributed by atoms with van der Waals surface area (Å²) >= 11 is 0. The molecule has 17 heavy (non-hydrogen) atoms. The zero-order valence-corrected chi connectivity index (χ0v) is 9.99. The molecule has 0 spiro atoms. The minimum atomic E-state index is -3.94. The van der Waals surface area contributed by atoms with Crippen molar-refractivity contribution in [3.8, 4) is 0 Å². The van der Waals surface area contributed by atoms with E-state index >= 15 is 0 Å². The summed E-state index contributed by atoms with van der Waals surface area (Å²) in [6.45, 7) is 0. The van der Waals surface area contributed by atoms with E-state index in [2.05, 4.69) is 0 Å². The molecular formula is C11H7ClO4S. The third kappa shape index (κ3) is 2.25. The first kappa shape index (κ1) is 11.9. The molecule has 2 aromatic rings. The van der Waals surface area contributed by atoms with Crippen LogP contribution in [0, 0.1) is 0 Å². The minimum Gasteiger partial charge on any atom is -0.478 e. The maximum absolute atomic E-state index is 11.2. The van der Waals surface area contributed by atoms with Crippen molar-refractivity contribution in [3.63, 3.8) is 0 Å². The highest BCUT2D eigenvalue weighted by Crippen LogP contribution is 2.25. The molecule has 0 bridgehead atoms. The molecule has 0 aromatic heterocycles. The van der Waals surface area contributed by atoms with E-state index in [1.165, 1.54) is 6.07 Å². The summed E-state index contributed by atoms with van der Waals surface area (Å²) in [4.78, 5) is 10.8. The molecule has 0 fully saturated rings. The molecule has 0 amide bonds. The second-order valence-electron chi connectivity index (χ2n) is 3.43. The highest BCUT2D eigenvalue weighted by atomic mass is 35.7. The number of rotatable bonds is 2. The highest BCUT2D eigenvalue weighted by Gasteiger charge is 2.16. The molecule has 0 aliphatic heterocycles. The SMILES string of the molecule is O=C(O)c1cc(S(=O)(=O)Cl)cc2ccccc12. The van der Waals surface area contributed by atoms with Crippen LogP contribution in [0.25, 0.3) is 10.8 Å². The molecule has 0 saturated carbocycles. The summed E-state index contributed by atoms with van der Waals surface area (Å²) in [6, 6.07) is 9.04. The first-order chi connectivity index (χ1) is 7.89. The molecule has 2 rings (SSSR count). The Hall–Kier alpha value is -1.59. The summed E-state index contributed by atoms with van der Waals surface area (Å²) in [7, 11) is 1.27. The van der Waals surface area contributed by atoms with E-state index < -0.39 is 15.0 Å². The summed E-state index contributed by atoms with van der Waals surface area (Å²) in [5, 5.41) is 10.0. The predicted octanol–water partition coefficient (Wildman–Crippen LogP) is 2.47. The van der Waals surface area contributed by atoms with Gasteiger partial charge in [0.1, 0.15) is 0 Å². The van der Waals surface area contributed by atoms with Crippen LogP contribution in [0.4, 0.5) is 0 Å². The smallest absolute Gasteiger partial charge is 0.336 e. The maximum atomic E-state index is 11.2. The lowest BCUT2D eigenvalue weighted by Crippen LogP contribution is -2.01. The van der Waals surface area contributed by atoms with Crippen molar-refractivity contribution in [2.45, 2.75) is 4.90 Å². The summed E-state index contributed by atoms with van der Waals surface area (Å²) < 4.78 is 22.4. The van der Waals surface area contributed by atoms with Gasteiger partial charge in [-0.2, -0.15) is 0 Å². The van der Waals surface area contributed by atoms with Crippen molar-refractivity contribution in [2.75, 3.05) is 0 Å². The van der Waals surface area contributed by atoms with Gasteiger partial charge < -0.3 is 5.11 Å². The number of hydrogen-bond donors (Lipinski definition) is 1. The number of hydrogen-bond acceptors (Lipinski definition) is 3. The van der Waals surface area contributed by atoms with Crippen molar-refractivity contribution in [1.29, 1.82) is 0 Å². The quantitative estimate of drug-likeness (QED) is 0.851. The zero-order chi connectivity index (χ0) is 12.6. The average molecular weight is 271 g/mol. The second kappa shape index (κ2) is 4.01. The monoisotopic (exact) mass is 270 g/mol. The van der Waals surface area contributed by atoms with Crippen LogP contribution >= 0.6 is 10.7 Å². The van der Waals surface area contributed by atoms with Gasteiger partial charge in [-0.05, 0) is 22.9 Å². The lowest BCUT2D eigenvalue weighted by Gasteiger charge is -2.05. The van der Waals surface area contributed by atoms with Crippen LogP contribution in [-0.2, 0) is 9.05 Å². The van der Waals surface area contributed by atoms with Gasteiger partial charge >= 0.3 is 5.97 Å². The van der Waals surface area contributed by atoms with Crippen molar-refractivity contribution < 1.29 is 18.3 Å². The van der Waals surface area contributed by atoms with Crippen LogP contribution in [0.2, 0.25) is 0 Å². The number of halogens is 1. The topological polar surface area (TPSA) is 71.4 Å². The number of aromatic carboxylic acids is 1. The van der Waals surface area contributed by atoms with Gasteiger partial charge in [0.2, 0.25) is 0 Å². The average Bonchev–Trinajstić information content (AvgIpc) is 2.26. The Labute approximate surface area is 102 Å². The Morgan fingerprint density at radius 3 is 2.41 bits per heavy atom. The van der Waals surface area contributed by atoms with Crippen molar-refractivity contribution >= 4 is 36.5 Å². The zero-order valence-electron chi connectivity index (χ0n) is 8.42. The lowest BCUT2D eigenvalue weighted by atomic mass is 10.0. The fourth-order valence-corrected chi connectivity index (χ4v) is 2.39. The lowest BCUT2D eigenvalue weighted by molar-refractivity contribution is 0.0699. The maximum Gasteiger partial charge on any atom is 0.336 e. The van der Waals surface area contributed by atoms with Gasteiger partial charge in [0.25, 0.3) is 9.05 Å². The van der Waals surface area contributed by atoms with Crippen molar-refractivity contribution in [2.24, 2.45) is 0 Å². The fourth-order valence-electron chi connectivity index (χ4n) is 1.60. The first-order valence-electron chi connectivity index (χ1n) is 4.60. The first-order valence-corrected chi connectivity index (χ1v) is 6.91. The van der Waals surface area contributed by atoms with Crippen molar-refractivity contribution in [3.05, 3.63) is 42.0 Å². The predicted molar refractivity (Wildman–Crippen MR) is 63.9 cm³/mol. The van der Waals surface area contributed by atoms with E-state index in [0.29, 0.717) is 10.8 Å². The van der Waals surface area contributed by atoms with Gasteiger partial charge in [-0.15, -0.1) is 0 Å². The fraction of sp³-hybridized carbons (Fsp3) is 0. The van der Waals surface area contributed by atoms with Gasteiger partial charge in [0, 0.05) is 10.7 Å². The Kier molecular flexibility index (Phi) is 2.81. The van der Waals surface area contributed by atoms with Gasteiger partial charge in [-0.25, -0.2) is 13.2 Å². The standard InChI is InChI=1S/C11H7ClO4S/c12-17(15,16)8-5-7-3-1-2-4-9(7)10(6-8)11(13)14/h1-6H,(H,13,14). The van der Waals surface area contributed by atoms with Crippen LogP contribution in [0.5, 0.6) is 0 Å². The number of carboxylic acid groups (broad SMARTS) is 1. The van der Waals surface area contributed by atoms with Gasteiger partial charge in [0.15, 0.2) is 0 Å².